The normalized spacial score (nSPS) is 13.4. The van der Waals surface area contributed by atoms with Gasteiger partial charge in [-0.15, -0.1) is 0 Å². The van der Waals surface area contributed by atoms with Crippen molar-refractivity contribution < 1.29 is 28.9 Å². The molecule has 0 radical (unpaired) electrons. The Morgan fingerprint density at radius 1 is 0.905 bits per heavy atom. The molecular formula is C34H37FN2O5. The summed E-state index contributed by atoms with van der Waals surface area (Å²) in [5.74, 6) is -1.90. The van der Waals surface area contributed by atoms with Crippen LogP contribution in [0.4, 0.5) is 10.1 Å². The summed E-state index contributed by atoms with van der Waals surface area (Å²) < 4.78 is 21.0. The Balaban J connectivity index is 2.14. The third-order valence-corrected chi connectivity index (χ3v) is 7.30. The Labute approximate surface area is 245 Å². The van der Waals surface area contributed by atoms with Crippen LogP contribution in [0, 0.1) is 5.82 Å². The van der Waals surface area contributed by atoms with E-state index in [1.165, 1.54) is 19.2 Å². The zero-order valence-corrected chi connectivity index (χ0v) is 24.3. The Kier molecular flexibility index (Phi) is 9.93. The molecule has 0 bridgehead atoms. The van der Waals surface area contributed by atoms with Crippen molar-refractivity contribution in [2.75, 3.05) is 12.4 Å². The smallest absolute Gasteiger partial charge is 0.331 e. The minimum Gasteiger partial charge on any atom is -0.467 e. The second-order valence-corrected chi connectivity index (χ2v) is 10.5. The number of nitrogens with one attached hydrogen (secondary N) is 1. The minimum atomic E-state index is -1.36. The molecule has 0 spiro atoms. The number of hydrogen-bond donors (Lipinski definition) is 3. The molecule has 0 saturated carbocycles. The fraction of sp³-hybridized carbons (Fsp3) is 0.294. The van der Waals surface area contributed by atoms with Gasteiger partial charge in [0.1, 0.15) is 5.82 Å². The first kappa shape index (κ1) is 30.7. The molecule has 3 unspecified atom stereocenters. The molecule has 0 aliphatic rings. The number of rotatable bonds is 11. The highest BCUT2D eigenvalue weighted by atomic mass is 19.1. The second kappa shape index (κ2) is 13.6. The van der Waals surface area contributed by atoms with Crippen LogP contribution in [0.15, 0.2) is 84.9 Å². The topological polar surface area (TPSA) is 101 Å². The van der Waals surface area contributed by atoms with E-state index >= 15 is 0 Å². The van der Waals surface area contributed by atoms with E-state index in [0.29, 0.717) is 45.7 Å². The van der Waals surface area contributed by atoms with Gasteiger partial charge in [0.25, 0.3) is 5.91 Å². The van der Waals surface area contributed by atoms with Crippen molar-refractivity contribution in [3.8, 4) is 22.4 Å². The van der Waals surface area contributed by atoms with E-state index in [1.54, 1.807) is 35.8 Å². The number of amides is 1. The van der Waals surface area contributed by atoms with Gasteiger partial charge < -0.3 is 24.8 Å². The number of anilines is 1. The minimum absolute atomic E-state index is 0.0962. The van der Waals surface area contributed by atoms with Crippen LogP contribution in [0.2, 0.25) is 0 Å². The van der Waals surface area contributed by atoms with Gasteiger partial charge in [0.05, 0.1) is 30.6 Å². The van der Waals surface area contributed by atoms with Crippen LogP contribution in [-0.4, -0.2) is 46.0 Å². The molecule has 3 aromatic carbocycles. The molecule has 0 saturated heterocycles. The molecule has 0 aliphatic heterocycles. The number of aliphatic hydroxyl groups is 2. The number of ether oxygens (including phenoxy) is 1. The lowest BCUT2D eigenvalue weighted by Gasteiger charge is -2.29. The van der Waals surface area contributed by atoms with Gasteiger partial charge in [0, 0.05) is 23.4 Å². The molecule has 4 aromatic rings. The maximum absolute atomic E-state index is 14.2. The number of benzene rings is 3. The summed E-state index contributed by atoms with van der Waals surface area (Å²) in [5, 5.41) is 24.9. The lowest BCUT2D eigenvalue weighted by molar-refractivity contribution is -0.149. The van der Waals surface area contributed by atoms with Crippen molar-refractivity contribution in [3.05, 3.63) is 102 Å². The van der Waals surface area contributed by atoms with Gasteiger partial charge in [-0.05, 0) is 59.9 Å². The number of hydrogen-bond acceptors (Lipinski definition) is 5. The van der Waals surface area contributed by atoms with Crippen LogP contribution in [-0.2, 0) is 9.53 Å². The number of esters is 1. The summed E-state index contributed by atoms with van der Waals surface area (Å²) in [6, 6.07) is 22.8. The van der Waals surface area contributed by atoms with Gasteiger partial charge in [0.2, 0.25) is 0 Å². The molecule has 8 heteroatoms. The van der Waals surface area contributed by atoms with E-state index in [1.807, 2.05) is 62.4 Å². The number of aromatic nitrogens is 1. The van der Waals surface area contributed by atoms with E-state index in [4.69, 9.17) is 4.74 Å². The first-order valence-electron chi connectivity index (χ1n) is 14.1. The predicted molar refractivity (Wildman–Crippen MR) is 162 cm³/mol. The second-order valence-electron chi connectivity index (χ2n) is 10.5. The molecule has 1 aromatic heterocycles. The zero-order valence-electron chi connectivity index (χ0n) is 24.3. The van der Waals surface area contributed by atoms with Crippen LogP contribution in [0.1, 0.15) is 61.6 Å². The highest BCUT2D eigenvalue weighted by Crippen LogP contribution is 2.45. The number of para-hydroxylation sites is 1. The molecule has 3 atom stereocenters. The SMILES string of the molecule is CCC(O)CC(O)C(C(=O)OC)n1c(-c2ccc(F)cc2)c(-c2ccccc2)c(C(=O)Nc2ccccc2)c1C(C)C. The number of methoxy groups -OCH3 is 1. The van der Waals surface area contributed by atoms with E-state index in [-0.39, 0.29) is 12.3 Å². The number of halogens is 1. The van der Waals surface area contributed by atoms with Crippen LogP contribution in [0.3, 0.4) is 0 Å². The summed E-state index contributed by atoms with van der Waals surface area (Å²) >= 11 is 0. The van der Waals surface area contributed by atoms with Crippen molar-refractivity contribution in [3.63, 3.8) is 0 Å². The Morgan fingerprint density at radius 3 is 2.05 bits per heavy atom. The monoisotopic (exact) mass is 572 g/mol. The van der Waals surface area contributed by atoms with E-state index in [2.05, 4.69) is 5.32 Å². The molecule has 1 amide bonds. The molecule has 1 heterocycles. The van der Waals surface area contributed by atoms with Gasteiger partial charge in [-0.3, -0.25) is 4.79 Å². The number of carbonyl (C=O) groups is 2. The lowest BCUT2D eigenvalue weighted by atomic mass is 9.94. The maximum atomic E-state index is 14.2. The molecule has 7 nitrogen and oxygen atoms in total. The highest BCUT2D eigenvalue weighted by Gasteiger charge is 2.39. The molecule has 42 heavy (non-hydrogen) atoms. The fourth-order valence-corrected chi connectivity index (χ4v) is 5.32. The highest BCUT2D eigenvalue weighted by molar-refractivity contribution is 6.12. The summed E-state index contributed by atoms with van der Waals surface area (Å²) in [7, 11) is 1.23. The summed E-state index contributed by atoms with van der Waals surface area (Å²) in [5.41, 5.74) is 3.59. The molecular weight excluding hydrogens is 535 g/mol. The predicted octanol–water partition coefficient (Wildman–Crippen LogP) is 6.57. The average molecular weight is 573 g/mol. The van der Waals surface area contributed by atoms with E-state index in [9.17, 15) is 24.2 Å². The van der Waals surface area contributed by atoms with Crippen molar-refractivity contribution in [2.24, 2.45) is 0 Å². The summed E-state index contributed by atoms with van der Waals surface area (Å²) in [6.07, 6.45) is -1.95. The standard InChI is InChI=1S/C34H37FN2O5/c1-5-26(38)20-27(39)32(34(41)42-4)37-30(21(2)3)29(33(40)36-25-14-10-7-11-15-25)28(22-12-8-6-9-13-22)31(37)23-16-18-24(35)19-17-23/h6-19,21,26-27,32,38-39H,5,20H2,1-4H3,(H,36,40). The molecule has 4 rings (SSSR count). The van der Waals surface area contributed by atoms with E-state index in [0.717, 1.165) is 0 Å². The molecule has 0 aliphatic carbocycles. The summed E-state index contributed by atoms with van der Waals surface area (Å²) in [4.78, 5) is 27.7. The Hall–Kier alpha value is -4.27. The van der Waals surface area contributed by atoms with Crippen LogP contribution < -0.4 is 5.32 Å². The average Bonchev–Trinajstić information content (AvgIpc) is 3.34. The molecule has 0 fully saturated rings. The van der Waals surface area contributed by atoms with Crippen molar-refractivity contribution in [2.45, 2.75) is 57.8 Å². The lowest BCUT2D eigenvalue weighted by Crippen LogP contribution is -2.36. The molecule has 220 valence electrons. The van der Waals surface area contributed by atoms with E-state index < -0.39 is 35.9 Å². The van der Waals surface area contributed by atoms with Gasteiger partial charge >= 0.3 is 5.97 Å². The molecule has 3 N–H and O–H groups in total. The van der Waals surface area contributed by atoms with Crippen LogP contribution in [0.25, 0.3) is 22.4 Å². The number of carbonyl (C=O) groups excluding carboxylic acids is 2. The largest absolute Gasteiger partial charge is 0.467 e. The van der Waals surface area contributed by atoms with Gasteiger partial charge in [-0.25, -0.2) is 9.18 Å². The third-order valence-electron chi connectivity index (χ3n) is 7.30. The maximum Gasteiger partial charge on any atom is 0.331 e. The first-order chi connectivity index (χ1) is 20.2. The zero-order chi connectivity index (χ0) is 30.4. The van der Waals surface area contributed by atoms with Gasteiger partial charge in [-0.2, -0.15) is 0 Å². The third kappa shape index (κ3) is 6.45. The number of aliphatic hydroxyl groups excluding tert-OH is 2. The summed E-state index contributed by atoms with van der Waals surface area (Å²) in [6.45, 7) is 5.58. The Morgan fingerprint density at radius 2 is 1.50 bits per heavy atom. The quantitative estimate of drug-likeness (QED) is 0.177. The van der Waals surface area contributed by atoms with Crippen LogP contribution in [0.5, 0.6) is 0 Å². The number of nitrogens with zero attached hydrogens (tertiary/aromatic N) is 1. The van der Waals surface area contributed by atoms with Gasteiger partial charge in [0.15, 0.2) is 6.04 Å². The van der Waals surface area contributed by atoms with Crippen LogP contribution >= 0.6 is 0 Å². The van der Waals surface area contributed by atoms with Crippen molar-refractivity contribution in [1.82, 2.24) is 4.57 Å². The van der Waals surface area contributed by atoms with Crippen molar-refractivity contribution in [1.29, 1.82) is 0 Å². The first-order valence-corrected chi connectivity index (χ1v) is 14.1. The van der Waals surface area contributed by atoms with Gasteiger partial charge in [-0.1, -0.05) is 69.3 Å². The fourth-order valence-electron chi connectivity index (χ4n) is 5.32. The van der Waals surface area contributed by atoms with Crippen molar-refractivity contribution >= 4 is 17.6 Å². The Bertz CT molecular complexity index is 1500.